The van der Waals surface area contributed by atoms with Crippen molar-refractivity contribution in [2.24, 2.45) is 9.98 Å². The van der Waals surface area contributed by atoms with Crippen molar-refractivity contribution in [1.82, 2.24) is 0 Å². The van der Waals surface area contributed by atoms with Crippen LogP contribution in [-0.4, -0.2) is 60.9 Å². The SMILES string of the molecule is COC(=O)c1cc(C2=NCC(c3ccc(O)c(C(=O)OC)c3)=NC2)ccc1O. The van der Waals surface area contributed by atoms with Gasteiger partial charge in [0.2, 0.25) is 0 Å². The third-order valence-corrected chi connectivity index (χ3v) is 4.31. The van der Waals surface area contributed by atoms with Crippen molar-refractivity contribution >= 4 is 23.4 Å². The Morgan fingerprint density at radius 2 is 1.18 bits per heavy atom. The number of methoxy groups -OCH3 is 2. The Balaban J connectivity index is 1.83. The van der Waals surface area contributed by atoms with E-state index in [9.17, 15) is 19.8 Å². The van der Waals surface area contributed by atoms with Gasteiger partial charge >= 0.3 is 11.9 Å². The molecule has 28 heavy (non-hydrogen) atoms. The summed E-state index contributed by atoms with van der Waals surface area (Å²) >= 11 is 0. The van der Waals surface area contributed by atoms with Crippen LogP contribution >= 0.6 is 0 Å². The molecule has 1 aliphatic rings. The molecule has 0 amide bonds. The first-order chi connectivity index (χ1) is 13.4. The Kier molecular flexibility index (Phi) is 5.39. The zero-order valence-electron chi connectivity index (χ0n) is 15.3. The predicted molar refractivity (Wildman–Crippen MR) is 102 cm³/mol. The molecule has 0 unspecified atom stereocenters. The fraction of sp³-hybridized carbons (Fsp3) is 0.200. The van der Waals surface area contributed by atoms with Crippen LogP contribution in [0.25, 0.3) is 0 Å². The van der Waals surface area contributed by atoms with Gasteiger partial charge in [0.15, 0.2) is 0 Å². The summed E-state index contributed by atoms with van der Waals surface area (Å²) in [5.74, 6) is -1.62. The number of hydrogen-bond donors (Lipinski definition) is 2. The zero-order valence-corrected chi connectivity index (χ0v) is 15.3. The second kappa shape index (κ2) is 7.91. The normalized spacial score (nSPS) is 13.4. The number of benzene rings is 2. The van der Waals surface area contributed by atoms with E-state index in [1.807, 2.05) is 0 Å². The van der Waals surface area contributed by atoms with E-state index < -0.39 is 11.9 Å². The highest BCUT2D eigenvalue weighted by Crippen LogP contribution is 2.23. The van der Waals surface area contributed by atoms with Crippen molar-refractivity contribution < 1.29 is 29.3 Å². The van der Waals surface area contributed by atoms with E-state index in [1.54, 1.807) is 12.1 Å². The average molecular weight is 382 g/mol. The highest BCUT2D eigenvalue weighted by Gasteiger charge is 2.18. The fourth-order valence-electron chi connectivity index (χ4n) is 2.78. The van der Waals surface area contributed by atoms with Crippen LogP contribution in [0.5, 0.6) is 11.5 Å². The summed E-state index contributed by atoms with van der Waals surface area (Å²) < 4.78 is 9.32. The van der Waals surface area contributed by atoms with Crippen molar-refractivity contribution in [3.8, 4) is 11.5 Å². The number of aliphatic imine (C=N–C) groups is 2. The van der Waals surface area contributed by atoms with Gasteiger partial charge in [-0.25, -0.2) is 9.59 Å². The number of hydrogen-bond acceptors (Lipinski definition) is 8. The molecule has 0 saturated heterocycles. The van der Waals surface area contributed by atoms with Crippen LogP contribution in [0.1, 0.15) is 31.8 Å². The molecule has 0 aromatic heterocycles. The van der Waals surface area contributed by atoms with Gasteiger partial charge in [0, 0.05) is 0 Å². The minimum absolute atomic E-state index is 0.0544. The number of nitrogens with zero attached hydrogens (tertiary/aromatic N) is 2. The maximum absolute atomic E-state index is 11.7. The molecule has 1 aliphatic heterocycles. The summed E-state index contributed by atoms with van der Waals surface area (Å²) in [4.78, 5) is 32.5. The molecule has 0 fully saturated rings. The topological polar surface area (TPSA) is 118 Å². The van der Waals surface area contributed by atoms with Gasteiger partial charge < -0.3 is 19.7 Å². The summed E-state index contributed by atoms with van der Waals surface area (Å²) in [5.41, 5.74) is 2.73. The smallest absolute Gasteiger partial charge is 0.341 e. The zero-order chi connectivity index (χ0) is 20.3. The van der Waals surface area contributed by atoms with Crippen molar-refractivity contribution in [2.75, 3.05) is 27.3 Å². The van der Waals surface area contributed by atoms with Crippen molar-refractivity contribution in [2.45, 2.75) is 0 Å². The minimum Gasteiger partial charge on any atom is -0.507 e. The molecule has 2 aromatic rings. The molecule has 2 N–H and O–H groups in total. The van der Waals surface area contributed by atoms with E-state index in [2.05, 4.69) is 19.5 Å². The molecule has 0 saturated carbocycles. The van der Waals surface area contributed by atoms with E-state index in [4.69, 9.17) is 0 Å². The van der Waals surface area contributed by atoms with Crippen LogP contribution < -0.4 is 0 Å². The largest absolute Gasteiger partial charge is 0.507 e. The standard InChI is InChI=1S/C20H18N2O6/c1-27-19(25)13-7-11(3-5-17(13)23)15-9-22-16(10-21-15)12-4-6-18(24)14(8-12)20(26)28-2/h3-8,23-24H,9-10H2,1-2H3. The first-order valence-electron chi connectivity index (χ1n) is 8.34. The first-order valence-corrected chi connectivity index (χ1v) is 8.34. The number of phenols is 2. The molecule has 0 bridgehead atoms. The van der Waals surface area contributed by atoms with Crippen LogP contribution in [0.3, 0.4) is 0 Å². The maximum atomic E-state index is 11.7. The molecule has 0 aliphatic carbocycles. The Morgan fingerprint density at radius 3 is 1.50 bits per heavy atom. The molecule has 8 nitrogen and oxygen atoms in total. The number of carbonyl (C=O) groups is 2. The van der Waals surface area contributed by atoms with E-state index in [1.165, 1.54) is 38.5 Å². The average Bonchev–Trinajstić information content (AvgIpc) is 2.73. The molecule has 0 atom stereocenters. The van der Waals surface area contributed by atoms with Crippen LogP contribution in [0, 0.1) is 0 Å². The van der Waals surface area contributed by atoms with E-state index in [0.717, 1.165) is 0 Å². The Labute approximate surface area is 160 Å². The molecule has 0 spiro atoms. The Bertz CT molecular complexity index is 928. The van der Waals surface area contributed by atoms with E-state index >= 15 is 0 Å². The summed E-state index contributed by atoms with van der Waals surface area (Å²) in [6, 6.07) is 9.14. The predicted octanol–water partition coefficient (Wildman–Crippen LogP) is 1.96. The summed E-state index contributed by atoms with van der Waals surface area (Å²) in [5, 5.41) is 19.6. The lowest BCUT2D eigenvalue weighted by Crippen LogP contribution is -2.19. The molecule has 144 valence electrons. The molecule has 8 heteroatoms. The number of rotatable bonds is 4. The molecular formula is C20H18N2O6. The van der Waals surface area contributed by atoms with Crippen molar-refractivity contribution in [1.29, 1.82) is 0 Å². The molecule has 3 rings (SSSR count). The highest BCUT2D eigenvalue weighted by atomic mass is 16.5. The van der Waals surface area contributed by atoms with Gasteiger partial charge in [0.25, 0.3) is 0 Å². The van der Waals surface area contributed by atoms with E-state index in [0.29, 0.717) is 22.6 Å². The van der Waals surface area contributed by atoms with Crippen molar-refractivity contribution in [3.63, 3.8) is 0 Å². The number of carbonyl (C=O) groups excluding carboxylic acids is 2. The van der Waals surface area contributed by atoms with Gasteiger partial charge in [0.1, 0.15) is 22.6 Å². The maximum Gasteiger partial charge on any atom is 0.341 e. The Hall–Kier alpha value is -3.68. The van der Waals surface area contributed by atoms with Crippen LogP contribution in [0.4, 0.5) is 0 Å². The van der Waals surface area contributed by atoms with Gasteiger partial charge in [-0.2, -0.15) is 0 Å². The van der Waals surface area contributed by atoms with Gasteiger partial charge in [-0.15, -0.1) is 0 Å². The van der Waals surface area contributed by atoms with Crippen LogP contribution in [0.15, 0.2) is 46.4 Å². The molecule has 0 radical (unpaired) electrons. The number of ether oxygens (including phenoxy) is 2. The monoisotopic (exact) mass is 382 g/mol. The lowest BCUT2D eigenvalue weighted by Gasteiger charge is -2.15. The lowest BCUT2D eigenvalue weighted by molar-refractivity contribution is 0.0588. The van der Waals surface area contributed by atoms with Gasteiger partial charge in [-0.1, -0.05) is 0 Å². The van der Waals surface area contributed by atoms with Crippen LogP contribution in [-0.2, 0) is 9.47 Å². The molecule has 1 heterocycles. The second-order valence-corrected chi connectivity index (χ2v) is 5.97. The number of esters is 2. The summed E-state index contributed by atoms with van der Waals surface area (Å²) in [7, 11) is 2.48. The summed E-state index contributed by atoms with van der Waals surface area (Å²) in [6.45, 7) is 0.518. The third-order valence-electron chi connectivity index (χ3n) is 4.31. The highest BCUT2D eigenvalue weighted by molar-refractivity contribution is 6.12. The quantitative estimate of drug-likeness (QED) is 0.781. The third kappa shape index (κ3) is 3.71. The first kappa shape index (κ1) is 19.1. The van der Waals surface area contributed by atoms with Gasteiger partial charge in [-0.05, 0) is 47.5 Å². The Morgan fingerprint density at radius 1 is 0.786 bits per heavy atom. The second-order valence-electron chi connectivity index (χ2n) is 5.97. The van der Waals surface area contributed by atoms with Crippen LogP contribution in [0.2, 0.25) is 0 Å². The van der Waals surface area contributed by atoms with Gasteiger partial charge in [-0.3, -0.25) is 9.98 Å². The number of aromatic hydroxyl groups is 2. The lowest BCUT2D eigenvalue weighted by atomic mass is 10.0. The molecular weight excluding hydrogens is 364 g/mol. The van der Waals surface area contributed by atoms with Gasteiger partial charge in [0.05, 0.1) is 38.7 Å². The summed E-state index contributed by atoms with van der Waals surface area (Å²) in [6.07, 6.45) is 0. The molecule has 2 aromatic carbocycles. The van der Waals surface area contributed by atoms with E-state index in [-0.39, 0.29) is 35.7 Å². The fourth-order valence-corrected chi connectivity index (χ4v) is 2.78. The number of phenolic OH excluding ortho intramolecular Hbond substituents is 2. The van der Waals surface area contributed by atoms with Crippen molar-refractivity contribution in [3.05, 3.63) is 58.7 Å². The minimum atomic E-state index is -0.639.